The van der Waals surface area contributed by atoms with Gasteiger partial charge in [-0.2, -0.15) is 0 Å². The van der Waals surface area contributed by atoms with Crippen molar-refractivity contribution in [3.63, 3.8) is 0 Å². The number of aliphatic imine (C=N–C) groups is 1. The number of rotatable bonds is 5. The Morgan fingerprint density at radius 3 is 2.66 bits per heavy atom. The molecule has 0 saturated carbocycles. The third-order valence-electron chi connectivity index (χ3n) is 4.46. The first-order valence-electron chi connectivity index (χ1n) is 9.11. The molecule has 0 aromatic heterocycles. The number of carbonyl (C=O) groups excluding carboxylic acids is 1. The van der Waals surface area contributed by atoms with Gasteiger partial charge < -0.3 is 14.2 Å². The zero-order valence-corrected chi connectivity index (χ0v) is 16.7. The molecule has 0 spiro atoms. The Balaban J connectivity index is 1.69. The zero-order valence-electron chi connectivity index (χ0n) is 15.9. The van der Waals surface area contributed by atoms with Crippen LogP contribution in [0.25, 0.3) is 16.8 Å². The minimum Gasteiger partial charge on any atom is -0.493 e. The number of hydrogen-bond donors (Lipinski definition) is 0. The molecule has 3 aromatic carbocycles. The second kappa shape index (κ2) is 7.97. The van der Waals surface area contributed by atoms with Gasteiger partial charge in [0, 0.05) is 5.56 Å². The Bertz CT molecular complexity index is 1170. The van der Waals surface area contributed by atoms with E-state index in [0.717, 1.165) is 16.3 Å². The lowest BCUT2D eigenvalue weighted by Gasteiger charge is -2.11. The number of esters is 1. The summed E-state index contributed by atoms with van der Waals surface area (Å²) in [5.74, 6) is 0.706. The average molecular weight is 408 g/mol. The highest BCUT2D eigenvalue weighted by molar-refractivity contribution is 6.32. The van der Waals surface area contributed by atoms with E-state index in [1.807, 2.05) is 49.4 Å². The molecule has 0 atom stereocenters. The number of ether oxygens (including phenoxy) is 3. The highest BCUT2D eigenvalue weighted by Gasteiger charge is 2.24. The average Bonchev–Trinajstić information content (AvgIpc) is 3.09. The van der Waals surface area contributed by atoms with Crippen LogP contribution in [0.1, 0.15) is 18.1 Å². The molecule has 5 nitrogen and oxygen atoms in total. The molecule has 1 aliphatic heterocycles. The smallest absolute Gasteiger partial charge is 0.363 e. The van der Waals surface area contributed by atoms with Crippen LogP contribution < -0.4 is 9.47 Å². The molecule has 1 heterocycles. The van der Waals surface area contributed by atoms with Crippen LogP contribution in [0.4, 0.5) is 0 Å². The van der Waals surface area contributed by atoms with Crippen LogP contribution in [-0.2, 0) is 9.53 Å². The SMILES string of the molecule is CCOc1c(Cl)cc(/C=C2\N=C(c3ccc4ccccc4c3)OC2=O)cc1OC. The van der Waals surface area contributed by atoms with Gasteiger partial charge in [0.2, 0.25) is 5.90 Å². The third kappa shape index (κ3) is 3.82. The maximum absolute atomic E-state index is 12.3. The highest BCUT2D eigenvalue weighted by Crippen LogP contribution is 2.37. The first-order chi connectivity index (χ1) is 14.1. The molecule has 0 N–H and O–H groups in total. The Morgan fingerprint density at radius 2 is 1.90 bits per heavy atom. The predicted molar refractivity (Wildman–Crippen MR) is 114 cm³/mol. The van der Waals surface area contributed by atoms with Crippen molar-refractivity contribution in [1.29, 1.82) is 0 Å². The van der Waals surface area contributed by atoms with Crippen molar-refractivity contribution in [3.05, 3.63) is 76.4 Å². The lowest BCUT2D eigenvalue weighted by Crippen LogP contribution is -2.05. The number of fused-ring (bicyclic) bond motifs is 1. The summed E-state index contributed by atoms with van der Waals surface area (Å²) in [7, 11) is 1.53. The summed E-state index contributed by atoms with van der Waals surface area (Å²) in [6.07, 6.45) is 1.61. The zero-order chi connectivity index (χ0) is 20.4. The quantitative estimate of drug-likeness (QED) is 0.428. The first-order valence-corrected chi connectivity index (χ1v) is 9.49. The summed E-state index contributed by atoms with van der Waals surface area (Å²) in [4.78, 5) is 16.7. The van der Waals surface area contributed by atoms with E-state index in [4.69, 9.17) is 25.8 Å². The summed E-state index contributed by atoms with van der Waals surface area (Å²) < 4.78 is 16.3. The number of carbonyl (C=O) groups is 1. The van der Waals surface area contributed by atoms with Crippen LogP contribution in [0.3, 0.4) is 0 Å². The molecule has 3 aromatic rings. The van der Waals surface area contributed by atoms with E-state index in [-0.39, 0.29) is 11.6 Å². The Labute approximate surface area is 173 Å². The van der Waals surface area contributed by atoms with Gasteiger partial charge in [0.25, 0.3) is 0 Å². The number of cyclic esters (lactones) is 1. The summed E-state index contributed by atoms with van der Waals surface area (Å²) in [5, 5.41) is 2.54. The monoisotopic (exact) mass is 407 g/mol. The van der Waals surface area contributed by atoms with E-state index >= 15 is 0 Å². The summed E-state index contributed by atoms with van der Waals surface area (Å²) in [6, 6.07) is 17.2. The lowest BCUT2D eigenvalue weighted by molar-refractivity contribution is -0.129. The number of halogens is 1. The standard InChI is InChI=1S/C23H18ClNO4/c1-3-28-21-18(24)10-14(12-20(21)27-2)11-19-23(26)29-22(25-19)17-9-8-15-6-4-5-7-16(15)13-17/h4-13H,3H2,1-2H3/b19-11-. The molecule has 0 amide bonds. The van der Waals surface area contributed by atoms with E-state index in [0.29, 0.717) is 28.7 Å². The van der Waals surface area contributed by atoms with E-state index in [1.165, 1.54) is 7.11 Å². The van der Waals surface area contributed by atoms with Crippen molar-refractivity contribution in [3.8, 4) is 11.5 Å². The van der Waals surface area contributed by atoms with Crippen molar-refractivity contribution in [1.82, 2.24) is 0 Å². The molecule has 0 fully saturated rings. The van der Waals surface area contributed by atoms with Crippen LogP contribution in [-0.4, -0.2) is 25.6 Å². The lowest BCUT2D eigenvalue weighted by atomic mass is 10.1. The van der Waals surface area contributed by atoms with Crippen molar-refractivity contribution in [2.45, 2.75) is 6.92 Å². The second-order valence-corrected chi connectivity index (χ2v) is 6.77. The molecule has 6 heteroatoms. The summed E-state index contributed by atoms with van der Waals surface area (Å²) in [6.45, 7) is 2.32. The molecule has 29 heavy (non-hydrogen) atoms. The van der Waals surface area contributed by atoms with Crippen LogP contribution >= 0.6 is 11.6 Å². The minimum absolute atomic E-state index is 0.190. The Morgan fingerprint density at radius 1 is 1.10 bits per heavy atom. The molecule has 1 aliphatic rings. The second-order valence-electron chi connectivity index (χ2n) is 6.37. The number of methoxy groups -OCH3 is 1. The predicted octanol–water partition coefficient (Wildman–Crippen LogP) is 5.25. The van der Waals surface area contributed by atoms with E-state index < -0.39 is 5.97 Å². The van der Waals surface area contributed by atoms with Gasteiger partial charge in [-0.05, 0) is 53.6 Å². The molecular formula is C23H18ClNO4. The van der Waals surface area contributed by atoms with E-state index in [1.54, 1.807) is 18.2 Å². The van der Waals surface area contributed by atoms with Gasteiger partial charge in [0.15, 0.2) is 17.2 Å². The number of nitrogens with zero attached hydrogens (tertiary/aromatic N) is 1. The Kier molecular flexibility index (Phi) is 5.23. The molecule has 0 saturated heterocycles. The molecule has 4 rings (SSSR count). The maximum atomic E-state index is 12.3. The van der Waals surface area contributed by atoms with Gasteiger partial charge in [-0.3, -0.25) is 0 Å². The molecule has 0 radical (unpaired) electrons. The molecule has 0 unspecified atom stereocenters. The highest BCUT2D eigenvalue weighted by atomic mass is 35.5. The normalized spacial score (nSPS) is 14.8. The first kappa shape index (κ1) is 19.0. The fraction of sp³-hybridized carbons (Fsp3) is 0.130. The van der Waals surface area contributed by atoms with Gasteiger partial charge in [-0.15, -0.1) is 0 Å². The topological polar surface area (TPSA) is 57.1 Å². The van der Waals surface area contributed by atoms with E-state index in [9.17, 15) is 4.79 Å². The van der Waals surface area contributed by atoms with Gasteiger partial charge in [0.05, 0.1) is 18.7 Å². The third-order valence-corrected chi connectivity index (χ3v) is 4.74. The number of hydrogen-bond acceptors (Lipinski definition) is 5. The molecule has 0 aliphatic carbocycles. The van der Waals surface area contributed by atoms with Crippen molar-refractivity contribution in [2.24, 2.45) is 4.99 Å². The molecule has 0 bridgehead atoms. The summed E-state index contributed by atoms with van der Waals surface area (Å²) >= 11 is 6.31. The Hall–Kier alpha value is -3.31. The molecule has 146 valence electrons. The van der Waals surface area contributed by atoms with Crippen molar-refractivity contribution in [2.75, 3.05) is 13.7 Å². The van der Waals surface area contributed by atoms with Gasteiger partial charge in [-0.25, -0.2) is 9.79 Å². The van der Waals surface area contributed by atoms with Crippen LogP contribution in [0.15, 0.2) is 65.3 Å². The number of benzene rings is 3. The summed E-state index contributed by atoms with van der Waals surface area (Å²) in [5.41, 5.74) is 1.59. The van der Waals surface area contributed by atoms with Crippen LogP contribution in [0, 0.1) is 0 Å². The van der Waals surface area contributed by atoms with E-state index in [2.05, 4.69) is 4.99 Å². The van der Waals surface area contributed by atoms with Gasteiger partial charge in [0.1, 0.15) is 0 Å². The van der Waals surface area contributed by atoms with Crippen molar-refractivity contribution >= 4 is 40.3 Å². The van der Waals surface area contributed by atoms with Gasteiger partial charge in [-0.1, -0.05) is 41.9 Å². The minimum atomic E-state index is -0.517. The largest absolute Gasteiger partial charge is 0.493 e. The van der Waals surface area contributed by atoms with Gasteiger partial charge >= 0.3 is 5.97 Å². The van der Waals surface area contributed by atoms with Crippen molar-refractivity contribution < 1.29 is 19.0 Å². The molecular weight excluding hydrogens is 390 g/mol. The fourth-order valence-corrected chi connectivity index (χ4v) is 3.39. The fourth-order valence-electron chi connectivity index (χ4n) is 3.12. The van der Waals surface area contributed by atoms with Crippen LogP contribution in [0.2, 0.25) is 5.02 Å². The van der Waals surface area contributed by atoms with Crippen LogP contribution in [0.5, 0.6) is 11.5 Å². The maximum Gasteiger partial charge on any atom is 0.363 e.